The summed E-state index contributed by atoms with van der Waals surface area (Å²) in [6.45, 7) is 5.80. The summed E-state index contributed by atoms with van der Waals surface area (Å²) in [4.78, 5) is 23.3. The Bertz CT molecular complexity index is 814. The Morgan fingerprint density at radius 3 is 2.28 bits per heavy atom. The highest BCUT2D eigenvalue weighted by atomic mass is 32.1. The van der Waals surface area contributed by atoms with Crippen LogP contribution in [0.15, 0.2) is 42.5 Å². The van der Waals surface area contributed by atoms with Crippen molar-refractivity contribution in [2.45, 2.75) is 26.7 Å². The predicted molar refractivity (Wildman–Crippen MR) is 99.7 cm³/mol. The number of carbonyl (C=O) groups excluding carboxylic acids is 2. The largest absolute Gasteiger partial charge is 0.545 e. The lowest BCUT2D eigenvalue weighted by Gasteiger charge is -2.15. The van der Waals surface area contributed by atoms with E-state index >= 15 is 0 Å². The van der Waals surface area contributed by atoms with Gasteiger partial charge in [-0.15, -0.1) is 0 Å². The van der Waals surface area contributed by atoms with Crippen molar-refractivity contribution in [3.63, 3.8) is 0 Å². The van der Waals surface area contributed by atoms with Crippen molar-refractivity contribution >= 4 is 34.9 Å². The Balaban J connectivity index is 2.06. The highest BCUT2D eigenvalue weighted by Crippen LogP contribution is 2.18. The average Bonchev–Trinajstić information content (AvgIpc) is 2.56. The standard InChI is InChI=1S/C19H20N2O3S/c1-11(2)13-7-9-14(10-8-13)17(22)21-19(25)20-16-6-4-5-15(12(16)3)18(23)24/h4-11H,1-3H3,(H,23,24)(H2,20,21,22,25)/p-1. The summed E-state index contributed by atoms with van der Waals surface area (Å²) >= 11 is 5.14. The first-order chi connectivity index (χ1) is 11.8. The molecule has 6 heteroatoms. The molecule has 0 aliphatic rings. The first-order valence-electron chi connectivity index (χ1n) is 7.83. The van der Waals surface area contributed by atoms with E-state index in [1.54, 1.807) is 31.2 Å². The number of hydrogen-bond acceptors (Lipinski definition) is 4. The van der Waals surface area contributed by atoms with E-state index in [1.807, 2.05) is 12.1 Å². The van der Waals surface area contributed by atoms with E-state index in [1.165, 1.54) is 6.07 Å². The van der Waals surface area contributed by atoms with Crippen LogP contribution in [0, 0.1) is 6.92 Å². The highest BCUT2D eigenvalue weighted by molar-refractivity contribution is 7.80. The van der Waals surface area contributed by atoms with Gasteiger partial charge in [0, 0.05) is 16.8 Å². The van der Waals surface area contributed by atoms with Crippen LogP contribution in [0.25, 0.3) is 0 Å². The maximum atomic E-state index is 12.2. The fraction of sp³-hybridized carbons (Fsp3) is 0.211. The number of benzene rings is 2. The minimum atomic E-state index is -1.26. The van der Waals surface area contributed by atoms with Gasteiger partial charge >= 0.3 is 0 Å². The first kappa shape index (κ1) is 18.6. The summed E-state index contributed by atoms with van der Waals surface area (Å²) in [7, 11) is 0. The zero-order chi connectivity index (χ0) is 18.6. The van der Waals surface area contributed by atoms with Crippen molar-refractivity contribution in [1.82, 2.24) is 5.32 Å². The number of carbonyl (C=O) groups is 2. The number of hydrogen-bond donors (Lipinski definition) is 2. The minimum Gasteiger partial charge on any atom is -0.545 e. The molecule has 2 aromatic rings. The Labute approximate surface area is 152 Å². The number of anilines is 1. The molecule has 0 aromatic heterocycles. The molecule has 0 heterocycles. The van der Waals surface area contributed by atoms with Gasteiger partial charge in [-0.2, -0.15) is 0 Å². The van der Waals surface area contributed by atoms with Gasteiger partial charge in [-0.05, 0) is 54.4 Å². The molecule has 130 valence electrons. The predicted octanol–water partition coefficient (Wildman–Crippen LogP) is 2.61. The lowest BCUT2D eigenvalue weighted by Crippen LogP contribution is -2.34. The van der Waals surface area contributed by atoms with Gasteiger partial charge in [-0.3, -0.25) is 10.1 Å². The van der Waals surface area contributed by atoms with E-state index in [9.17, 15) is 14.7 Å². The van der Waals surface area contributed by atoms with Crippen LogP contribution in [0.2, 0.25) is 0 Å². The van der Waals surface area contributed by atoms with Crippen molar-refractivity contribution in [2.75, 3.05) is 5.32 Å². The van der Waals surface area contributed by atoms with E-state index in [2.05, 4.69) is 24.5 Å². The van der Waals surface area contributed by atoms with Gasteiger partial charge in [-0.25, -0.2) is 0 Å². The van der Waals surface area contributed by atoms with Crippen molar-refractivity contribution in [2.24, 2.45) is 0 Å². The van der Waals surface area contributed by atoms with Gasteiger partial charge in [0.05, 0.1) is 5.97 Å². The van der Waals surface area contributed by atoms with Crippen LogP contribution < -0.4 is 15.7 Å². The summed E-state index contributed by atoms with van der Waals surface area (Å²) in [5, 5.41) is 16.6. The molecule has 25 heavy (non-hydrogen) atoms. The van der Waals surface area contributed by atoms with Crippen LogP contribution in [0.4, 0.5) is 5.69 Å². The van der Waals surface area contributed by atoms with Crippen LogP contribution in [-0.2, 0) is 0 Å². The fourth-order valence-corrected chi connectivity index (χ4v) is 2.54. The Morgan fingerprint density at radius 1 is 1.08 bits per heavy atom. The maximum absolute atomic E-state index is 12.2. The third-order valence-electron chi connectivity index (χ3n) is 3.87. The first-order valence-corrected chi connectivity index (χ1v) is 8.23. The Hall–Kier alpha value is -2.73. The van der Waals surface area contributed by atoms with Crippen LogP contribution in [0.5, 0.6) is 0 Å². The molecule has 0 aliphatic carbocycles. The molecule has 0 saturated heterocycles. The molecule has 0 bridgehead atoms. The quantitative estimate of drug-likeness (QED) is 0.824. The molecule has 5 nitrogen and oxygen atoms in total. The van der Waals surface area contributed by atoms with Gasteiger partial charge in [-0.1, -0.05) is 38.1 Å². The van der Waals surface area contributed by atoms with Crippen LogP contribution >= 0.6 is 12.2 Å². The smallest absolute Gasteiger partial charge is 0.257 e. The lowest BCUT2D eigenvalue weighted by atomic mass is 10.0. The number of carboxylic acid groups (broad SMARTS) is 1. The second-order valence-corrected chi connectivity index (χ2v) is 6.36. The number of aromatic carboxylic acids is 1. The van der Waals surface area contributed by atoms with E-state index in [0.29, 0.717) is 22.7 Å². The second kappa shape index (κ2) is 7.90. The molecule has 0 unspecified atom stereocenters. The number of carboxylic acids is 1. The monoisotopic (exact) mass is 355 g/mol. The van der Waals surface area contributed by atoms with Gasteiger partial charge in [0.25, 0.3) is 5.91 Å². The summed E-state index contributed by atoms with van der Waals surface area (Å²) in [6, 6.07) is 12.0. The molecular formula is C19H19N2O3S-. The second-order valence-electron chi connectivity index (χ2n) is 5.95. The van der Waals surface area contributed by atoms with Gasteiger partial charge < -0.3 is 15.2 Å². The molecule has 1 amide bonds. The van der Waals surface area contributed by atoms with Crippen molar-refractivity contribution in [3.8, 4) is 0 Å². The molecule has 0 spiro atoms. The normalized spacial score (nSPS) is 10.4. The van der Waals surface area contributed by atoms with Crippen molar-refractivity contribution in [3.05, 3.63) is 64.7 Å². The highest BCUT2D eigenvalue weighted by Gasteiger charge is 2.11. The third-order valence-corrected chi connectivity index (χ3v) is 4.07. The van der Waals surface area contributed by atoms with Crippen molar-refractivity contribution in [1.29, 1.82) is 0 Å². The van der Waals surface area contributed by atoms with E-state index in [4.69, 9.17) is 12.2 Å². The summed E-state index contributed by atoms with van der Waals surface area (Å²) in [5.41, 5.74) is 2.70. The Kier molecular flexibility index (Phi) is 5.88. The van der Waals surface area contributed by atoms with Crippen LogP contribution in [0.3, 0.4) is 0 Å². The molecule has 0 radical (unpaired) electrons. The minimum absolute atomic E-state index is 0.0726. The average molecular weight is 355 g/mol. The molecular weight excluding hydrogens is 336 g/mol. The fourth-order valence-electron chi connectivity index (χ4n) is 2.34. The van der Waals surface area contributed by atoms with Gasteiger partial charge in [0.1, 0.15) is 0 Å². The van der Waals surface area contributed by atoms with Gasteiger partial charge in [0.15, 0.2) is 5.11 Å². The van der Waals surface area contributed by atoms with E-state index < -0.39 is 5.97 Å². The molecule has 0 saturated carbocycles. The third kappa shape index (κ3) is 4.64. The zero-order valence-corrected chi connectivity index (χ0v) is 15.1. The molecule has 2 rings (SSSR count). The van der Waals surface area contributed by atoms with E-state index in [0.717, 1.165) is 5.56 Å². The number of nitrogens with one attached hydrogen (secondary N) is 2. The Morgan fingerprint density at radius 2 is 1.72 bits per heavy atom. The summed E-state index contributed by atoms with van der Waals surface area (Å²) in [6.07, 6.45) is 0. The molecule has 2 N–H and O–H groups in total. The molecule has 0 atom stereocenters. The summed E-state index contributed by atoms with van der Waals surface area (Å²) < 4.78 is 0. The van der Waals surface area contributed by atoms with Crippen LogP contribution in [-0.4, -0.2) is 17.0 Å². The number of rotatable bonds is 4. The topological polar surface area (TPSA) is 81.3 Å². The molecule has 0 aliphatic heterocycles. The number of thiocarbonyl (C=S) groups is 1. The van der Waals surface area contributed by atoms with Crippen LogP contribution in [0.1, 0.15) is 51.6 Å². The van der Waals surface area contributed by atoms with E-state index in [-0.39, 0.29) is 16.6 Å². The number of amides is 1. The zero-order valence-electron chi connectivity index (χ0n) is 14.3. The lowest BCUT2D eigenvalue weighted by molar-refractivity contribution is -0.255. The van der Waals surface area contributed by atoms with Gasteiger partial charge in [0.2, 0.25) is 0 Å². The maximum Gasteiger partial charge on any atom is 0.257 e. The molecule has 2 aromatic carbocycles. The van der Waals surface area contributed by atoms with Crippen molar-refractivity contribution < 1.29 is 14.7 Å². The molecule has 0 fully saturated rings. The summed E-state index contributed by atoms with van der Waals surface area (Å²) in [5.74, 6) is -1.21. The SMILES string of the molecule is Cc1c(NC(=S)NC(=O)c2ccc(C(C)C)cc2)cccc1C(=O)[O-].